The maximum absolute atomic E-state index is 13.6. The Morgan fingerprint density at radius 3 is 2.50 bits per heavy atom. The highest BCUT2D eigenvalue weighted by atomic mass is 35.5. The molecule has 1 saturated heterocycles. The van der Waals surface area contributed by atoms with Crippen molar-refractivity contribution in [2.75, 3.05) is 26.2 Å². The molecule has 0 bridgehead atoms. The maximum Gasteiger partial charge on any atom is 0.244 e. The van der Waals surface area contributed by atoms with Crippen LogP contribution in [-0.2, 0) is 16.6 Å². The quantitative estimate of drug-likeness (QED) is 0.795. The number of rotatable bonds is 4. The average molecular weight is 398 g/mol. The minimum absolute atomic E-state index is 0.0351. The molecular formula is C18H21ClFN3O2S. The summed E-state index contributed by atoms with van der Waals surface area (Å²) < 4.78 is 40.7. The highest BCUT2D eigenvalue weighted by molar-refractivity contribution is 7.89. The molecule has 1 aromatic heterocycles. The van der Waals surface area contributed by atoms with E-state index in [0.29, 0.717) is 32.7 Å². The summed E-state index contributed by atoms with van der Waals surface area (Å²) in [6.45, 7) is 6.17. The van der Waals surface area contributed by atoms with Crippen molar-refractivity contribution in [2.45, 2.75) is 25.3 Å². The van der Waals surface area contributed by atoms with Gasteiger partial charge in [0.1, 0.15) is 10.7 Å². The molecule has 140 valence electrons. The zero-order valence-electron chi connectivity index (χ0n) is 14.7. The zero-order valence-corrected chi connectivity index (χ0v) is 16.3. The molecule has 0 aliphatic carbocycles. The van der Waals surface area contributed by atoms with E-state index in [9.17, 15) is 12.8 Å². The summed E-state index contributed by atoms with van der Waals surface area (Å²) >= 11 is 5.99. The first-order chi connectivity index (χ1) is 12.3. The molecule has 0 atom stereocenters. The molecule has 0 radical (unpaired) electrons. The molecule has 1 aliphatic heterocycles. The van der Waals surface area contributed by atoms with Gasteiger partial charge in [-0.2, -0.15) is 4.31 Å². The van der Waals surface area contributed by atoms with Gasteiger partial charge >= 0.3 is 0 Å². The Morgan fingerprint density at radius 2 is 1.85 bits per heavy atom. The summed E-state index contributed by atoms with van der Waals surface area (Å²) in [6, 6.07) is 6.28. The molecule has 2 heterocycles. The Morgan fingerprint density at radius 1 is 1.15 bits per heavy atom. The Kier molecular flexibility index (Phi) is 5.62. The van der Waals surface area contributed by atoms with Crippen molar-refractivity contribution in [3.63, 3.8) is 0 Å². The molecule has 1 fully saturated rings. The first-order valence-corrected chi connectivity index (χ1v) is 10.2. The third-order valence-corrected chi connectivity index (χ3v) is 7.02. The second-order valence-electron chi connectivity index (χ2n) is 6.48. The zero-order chi connectivity index (χ0) is 18.9. The van der Waals surface area contributed by atoms with Gasteiger partial charge in [-0.25, -0.2) is 12.8 Å². The van der Waals surface area contributed by atoms with Gasteiger partial charge in [0.2, 0.25) is 10.0 Å². The van der Waals surface area contributed by atoms with E-state index in [0.717, 1.165) is 17.3 Å². The molecule has 0 unspecified atom stereocenters. The van der Waals surface area contributed by atoms with E-state index in [1.54, 1.807) is 6.20 Å². The van der Waals surface area contributed by atoms with Gasteiger partial charge in [-0.05, 0) is 43.2 Å². The largest absolute Gasteiger partial charge is 0.295 e. The second kappa shape index (κ2) is 7.60. The van der Waals surface area contributed by atoms with Gasteiger partial charge in [-0.1, -0.05) is 17.7 Å². The van der Waals surface area contributed by atoms with Crippen LogP contribution in [0.1, 0.15) is 16.8 Å². The molecule has 0 N–H and O–H groups in total. The summed E-state index contributed by atoms with van der Waals surface area (Å²) in [5.41, 5.74) is 2.38. The van der Waals surface area contributed by atoms with Gasteiger partial charge in [0, 0.05) is 38.9 Å². The van der Waals surface area contributed by atoms with Crippen LogP contribution in [0.25, 0.3) is 0 Å². The van der Waals surface area contributed by atoms with Gasteiger partial charge in [-0.3, -0.25) is 9.88 Å². The lowest BCUT2D eigenvalue weighted by Crippen LogP contribution is -2.48. The van der Waals surface area contributed by atoms with Gasteiger partial charge in [0.15, 0.2) is 0 Å². The molecule has 1 aromatic carbocycles. The number of hydrogen-bond donors (Lipinski definition) is 0. The fourth-order valence-electron chi connectivity index (χ4n) is 2.99. The van der Waals surface area contributed by atoms with Crippen LogP contribution in [0.3, 0.4) is 0 Å². The number of aryl methyl sites for hydroxylation is 2. The smallest absolute Gasteiger partial charge is 0.244 e. The number of benzene rings is 1. The van der Waals surface area contributed by atoms with Gasteiger partial charge in [0.25, 0.3) is 0 Å². The van der Waals surface area contributed by atoms with E-state index in [2.05, 4.69) is 9.88 Å². The topological polar surface area (TPSA) is 53.5 Å². The molecule has 3 rings (SSSR count). The normalized spacial score (nSPS) is 16.8. The standard InChI is InChI=1S/C18H21ClFN3O2S/c1-13-4-3-5-21-17(13)12-22-6-8-23(9-7-22)26(24,25)18-10-14(2)16(20)11-15(18)19/h3-5,10-11H,6-9,12H2,1-2H3. The number of sulfonamides is 1. The van der Waals surface area contributed by atoms with E-state index in [4.69, 9.17) is 11.6 Å². The lowest BCUT2D eigenvalue weighted by atomic mass is 10.2. The van der Waals surface area contributed by atoms with Crippen molar-refractivity contribution in [3.8, 4) is 0 Å². The van der Waals surface area contributed by atoms with Crippen LogP contribution >= 0.6 is 11.6 Å². The SMILES string of the molecule is Cc1cc(S(=O)(=O)N2CCN(Cc3ncccc3C)CC2)c(Cl)cc1F. The highest BCUT2D eigenvalue weighted by Gasteiger charge is 2.30. The van der Waals surface area contributed by atoms with Crippen LogP contribution in [0.15, 0.2) is 35.4 Å². The Balaban J connectivity index is 1.71. The van der Waals surface area contributed by atoms with Crippen molar-refractivity contribution in [2.24, 2.45) is 0 Å². The molecule has 0 amide bonds. The molecule has 8 heteroatoms. The summed E-state index contributed by atoms with van der Waals surface area (Å²) in [5, 5.41) is -0.0837. The van der Waals surface area contributed by atoms with Crippen molar-refractivity contribution in [1.29, 1.82) is 0 Å². The van der Waals surface area contributed by atoms with Gasteiger partial charge < -0.3 is 0 Å². The monoisotopic (exact) mass is 397 g/mol. The van der Waals surface area contributed by atoms with Crippen molar-refractivity contribution >= 4 is 21.6 Å². The third kappa shape index (κ3) is 3.91. The summed E-state index contributed by atoms with van der Waals surface area (Å²) in [6.07, 6.45) is 1.77. The fraction of sp³-hybridized carbons (Fsp3) is 0.389. The van der Waals surface area contributed by atoms with Crippen LogP contribution < -0.4 is 0 Å². The molecule has 0 saturated carbocycles. The van der Waals surface area contributed by atoms with Crippen LogP contribution in [0.5, 0.6) is 0 Å². The maximum atomic E-state index is 13.6. The molecule has 1 aliphatic rings. The molecule has 26 heavy (non-hydrogen) atoms. The Labute approximate surface area is 158 Å². The fourth-order valence-corrected chi connectivity index (χ4v) is 4.99. The van der Waals surface area contributed by atoms with E-state index in [1.807, 2.05) is 19.1 Å². The van der Waals surface area contributed by atoms with Gasteiger partial charge in [0.05, 0.1) is 10.7 Å². The second-order valence-corrected chi connectivity index (χ2v) is 8.79. The molecule has 5 nitrogen and oxygen atoms in total. The van der Waals surface area contributed by atoms with Crippen LogP contribution in [0, 0.1) is 19.7 Å². The predicted molar refractivity (Wildman–Crippen MR) is 99.2 cm³/mol. The minimum atomic E-state index is -3.74. The first kappa shape index (κ1) is 19.2. The third-order valence-electron chi connectivity index (χ3n) is 4.65. The van der Waals surface area contributed by atoms with Crippen molar-refractivity contribution in [3.05, 3.63) is 58.1 Å². The van der Waals surface area contributed by atoms with Crippen LogP contribution in [-0.4, -0.2) is 48.8 Å². The molecule has 0 spiro atoms. The number of hydrogen-bond acceptors (Lipinski definition) is 4. The molecular weight excluding hydrogens is 377 g/mol. The average Bonchev–Trinajstić information content (AvgIpc) is 2.60. The van der Waals surface area contributed by atoms with E-state index in [-0.39, 0.29) is 15.5 Å². The molecule has 2 aromatic rings. The van der Waals surface area contributed by atoms with E-state index >= 15 is 0 Å². The summed E-state index contributed by atoms with van der Waals surface area (Å²) in [7, 11) is -3.74. The predicted octanol–water partition coefficient (Wildman–Crippen LogP) is 3.00. The minimum Gasteiger partial charge on any atom is -0.295 e. The number of halogens is 2. The van der Waals surface area contributed by atoms with Crippen LogP contribution in [0.2, 0.25) is 5.02 Å². The van der Waals surface area contributed by atoms with E-state index < -0.39 is 15.8 Å². The van der Waals surface area contributed by atoms with Crippen molar-refractivity contribution in [1.82, 2.24) is 14.2 Å². The van der Waals surface area contributed by atoms with Crippen molar-refractivity contribution < 1.29 is 12.8 Å². The van der Waals surface area contributed by atoms with Gasteiger partial charge in [-0.15, -0.1) is 0 Å². The Bertz CT molecular complexity index is 913. The number of pyridine rings is 1. The number of aromatic nitrogens is 1. The van der Waals surface area contributed by atoms with E-state index in [1.165, 1.54) is 17.3 Å². The lowest BCUT2D eigenvalue weighted by Gasteiger charge is -2.34. The summed E-state index contributed by atoms with van der Waals surface area (Å²) in [5.74, 6) is -0.510. The highest BCUT2D eigenvalue weighted by Crippen LogP contribution is 2.28. The lowest BCUT2D eigenvalue weighted by molar-refractivity contribution is 0.179. The summed E-state index contributed by atoms with van der Waals surface area (Å²) in [4.78, 5) is 6.54. The number of nitrogens with zero attached hydrogens (tertiary/aromatic N) is 3. The number of piperazine rings is 1. The first-order valence-electron chi connectivity index (χ1n) is 8.37. The Hall–Kier alpha value is -1.54. The van der Waals surface area contributed by atoms with Crippen LogP contribution in [0.4, 0.5) is 4.39 Å².